The van der Waals surface area contributed by atoms with Crippen LogP contribution in [0.5, 0.6) is 0 Å². The first-order valence-corrected chi connectivity index (χ1v) is 17.9. The number of carbonyl (C=O) groups excluding carboxylic acids is 1. The molecular weight excluding hydrogens is 562 g/mol. The van der Waals surface area contributed by atoms with Crippen molar-refractivity contribution in [1.29, 1.82) is 0 Å². The summed E-state index contributed by atoms with van der Waals surface area (Å²) >= 11 is 0. The van der Waals surface area contributed by atoms with Gasteiger partial charge < -0.3 is 40.3 Å². The minimum absolute atomic E-state index is 0.140. The van der Waals surface area contributed by atoms with Crippen molar-refractivity contribution in [1.82, 2.24) is 5.32 Å². The summed E-state index contributed by atoms with van der Waals surface area (Å²) < 4.78 is 11.1. The van der Waals surface area contributed by atoms with Crippen LogP contribution in [0, 0.1) is 0 Å². The molecule has 1 saturated heterocycles. The molecule has 44 heavy (non-hydrogen) atoms. The van der Waals surface area contributed by atoms with E-state index in [9.17, 15) is 30.3 Å². The van der Waals surface area contributed by atoms with Crippen molar-refractivity contribution in [2.45, 2.75) is 192 Å². The van der Waals surface area contributed by atoms with Crippen LogP contribution in [-0.2, 0) is 14.3 Å². The molecule has 0 bridgehead atoms. The van der Waals surface area contributed by atoms with Gasteiger partial charge in [-0.2, -0.15) is 0 Å². The predicted octanol–water partition coefficient (Wildman–Crippen LogP) is 5.44. The Labute approximate surface area is 267 Å². The molecule has 0 radical (unpaired) electrons. The molecule has 1 aliphatic heterocycles. The summed E-state index contributed by atoms with van der Waals surface area (Å²) in [7, 11) is 0. The number of nitrogens with one attached hydrogen (secondary N) is 1. The Hall–Kier alpha value is -1.07. The third kappa shape index (κ3) is 18.8. The molecule has 0 aromatic rings. The van der Waals surface area contributed by atoms with E-state index in [1.807, 2.05) is 0 Å². The number of amides is 1. The fraction of sp³-hybridized carbons (Fsp3) is 0.914. The van der Waals surface area contributed by atoms with Crippen LogP contribution in [0.25, 0.3) is 0 Å². The molecule has 9 nitrogen and oxygen atoms in total. The molecule has 1 heterocycles. The van der Waals surface area contributed by atoms with Gasteiger partial charge in [0.05, 0.1) is 25.4 Å². The summed E-state index contributed by atoms with van der Waals surface area (Å²) in [5, 5.41) is 53.8. The number of hydrogen-bond acceptors (Lipinski definition) is 8. The maximum absolute atomic E-state index is 12.8. The fourth-order valence-electron chi connectivity index (χ4n) is 5.62. The number of aliphatic hydroxyl groups is 5. The second-order valence-electron chi connectivity index (χ2n) is 12.7. The van der Waals surface area contributed by atoms with Gasteiger partial charge in [0.25, 0.3) is 0 Å². The van der Waals surface area contributed by atoms with Crippen molar-refractivity contribution in [2.24, 2.45) is 0 Å². The van der Waals surface area contributed by atoms with E-state index in [1.165, 1.54) is 70.6 Å². The van der Waals surface area contributed by atoms with Gasteiger partial charge in [0.1, 0.15) is 24.4 Å². The predicted molar refractivity (Wildman–Crippen MR) is 175 cm³/mol. The molecule has 0 saturated carbocycles. The number of allylic oxidation sites excluding steroid dienone is 2. The van der Waals surface area contributed by atoms with E-state index in [4.69, 9.17) is 9.47 Å². The molecule has 1 amide bonds. The number of unbranched alkanes of at least 4 members (excludes halogenated alkanes) is 16. The third-order valence-electron chi connectivity index (χ3n) is 8.62. The van der Waals surface area contributed by atoms with E-state index in [1.54, 1.807) is 0 Å². The largest absolute Gasteiger partial charge is 0.394 e. The highest BCUT2D eigenvalue weighted by molar-refractivity contribution is 5.76. The Morgan fingerprint density at radius 1 is 0.750 bits per heavy atom. The summed E-state index contributed by atoms with van der Waals surface area (Å²) in [6.45, 7) is 3.74. The van der Waals surface area contributed by atoms with Crippen molar-refractivity contribution in [2.75, 3.05) is 13.2 Å². The molecule has 0 aromatic carbocycles. The quantitative estimate of drug-likeness (QED) is 0.0495. The Morgan fingerprint density at radius 3 is 1.86 bits per heavy atom. The van der Waals surface area contributed by atoms with Crippen LogP contribution in [0.2, 0.25) is 0 Å². The summed E-state index contributed by atoms with van der Waals surface area (Å²) in [6, 6.07) is -0.715. The Bertz CT molecular complexity index is 706. The maximum Gasteiger partial charge on any atom is 0.220 e. The van der Waals surface area contributed by atoms with Crippen LogP contribution >= 0.6 is 0 Å². The number of carbonyl (C=O) groups is 1. The van der Waals surface area contributed by atoms with Crippen molar-refractivity contribution in [3.05, 3.63) is 12.2 Å². The molecule has 260 valence electrons. The zero-order valence-corrected chi connectivity index (χ0v) is 27.9. The van der Waals surface area contributed by atoms with Crippen LogP contribution in [0.3, 0.4) is 0 Å². The van der Waals surface area contributed by atoms with Gasteiger partial charge in [-0.25, -0.2) is 0 Å². The van der Waals surface area contributed by atoms with Crippen LogP contribution in [0.4, 0.5) is 0 Å². The molecule has 1 aliphatic rings. The van der Waals surface area contributed by atoms with E-state index in [-0.39, 0.29) is 12.5 Å². The third-order valence-corrected chi connectivity index (χ3v) is 8.62. The van der Waals surface area contributed by atoms with Crippen molar-refractivity contribution >= 4 is 5.91 Å². The van der Waals surface area contributed by atoms with E-state index >= 15 is 0 Å². The zero-order chi connectivity index (χ0) is 32.4. The number of rotatable bonds is 28. The summed E-state index contributed by atoms with van der Waals surface area (Å²) in [5.74, 6) is -0.159. The van der Waals surface area contributed by atoms with Crippen LogP contribution < -0.4 is 5.32 Å². The van der Waals surface area contributed by atoms with E-state index < -0.39 is 49.5 Å². The zero-order valence-electron chi connectivity index (χ0n) is 27.9. The van der Waals surface area contributed by atoms with Gasteiger partial charge in [0.15, 0.2) is 6.29 Å². The van der Waals surface area contributed by atoms with E-state index in [0.717, 1.165) is 51.4 Å². The van der Waals surface area contributed by atoms with Crippen LogP contribution in [0.15, 0.2) is 12.2 Å². The highest BCUT2D eigenvalue weighted by Crippen LogP contribution is 2.23. The lowest BCUT2D eigenvalue weighted by molar-refractivity contribution is -0.302. The molecule has 6 N–H and O–H groups in total. The first-order chi connectivity index (χ1) is 21.3. The molecule has 1 rings (SSSR count). The number of ether oxygens (including phenoxy) is 2. The number of aliphatic hydroxyl groups excluding tert-OH is 5. The summed E-state index contributed by atoms with van der Waals surface area (Å²) in [6.07, 6.45) is 19.4. The molecule has 9 heteroatoms. The second-order valence-corrected chi connectivity index (χ2v) is 12.7. The van der Waals surface area contributed by atoms with Crippen LogP contribution in [-0.4, -0.2) is 87.5 Å². The van der Waals surface area contributed by atoms with E-state index in [0.29, 0.717) is 12.8 Å². The van der Waals surface area contributed by atoms with Crippen molar-refractivity contribution in [3.63, 3.8) is 0 Å². The molecule has 1 fully saturated rings. The monoisotopic (exact) mass is 629 g/mol. The van der Waals surface area contributed by atoms with Gasteiger partial charge in [-0.1, -0.05) is 116 Å². The maximum atomic E-state index is 12.8. The normalized spacial score (nSPS) is 23.7. The lowest BCUT2D eigenvalue weighted by atomic mass is 9.99. The lowest BCUT2D eigenvalue weighted by Gasteiger charge is -2.40. The average molecular weight is 630 g/mol. The Balaban J connectivity index is 2.45. The standard InChI is InChI=1S/C35H67NO8/c1-3-5-7-9-11-13-14-15-16-17-19-21-23-25-31(39)36-28(29(38)24-22-20-18-12-10-8-6-4-2)27-43-35-34(42)33(41)32(40)30(26-37)44-35/h13-14,28-30,32-35,37-38,40-42H,3-12,15-27H2,1-2H3,(H,36,39)/b14-13-. The molecule has 0 aromatic heterocycles. The van der Waals surface area contributed by atoms with Gasteiger partial charge in [0.2, 0.25) is 5.91 Å². The highest BCUT2D eigenvalue weighted by Gasteiger charge is 2.44. The van der Waals surface area contributed by atoms with Gasteiger partial charge >= 0.3 is 0 Å². The highest BCUT2D eigenvalue weighted by atomic mass is 16.7. The Morgan fingerprint density at radius 2 is 1.27 bits per heavy atom. The molecule has 7 unspecified atom stereocenters. The first kappa shape index (κ1) is 41.0. The summed E-state index contributed by atoms with van der Waals surface area (Å²) in [4.78, 5) is 12.8. The topological polar surface area (TPSA) is 149 Å². The van der Waals surface area contributed by atoms with Gasteiger partial charge in [-0.15, -0.1) is 0 Å². The minimum atomic E-state index is -1.55. The van der Waals surface area contributed by atoms with Gasteiger partial charge in [-0.05, 0) is 38.5 Å². The van der Waals surface area contributed by atoms with E-state index in [2.05, 4.69) is 31.3 Å². The molecule has 7 atom stereocenters. The second kappa shape index (κ2) is 27.1. The first-order valence-electron chi connectivity index (χ1n) is 17.9. The lowest BCUT2D eigenvalue weighted by Crippen LogP contribution is -2.60. The van der Waals surface area contributed by atoms with Gasteiger partial charge in [-0.3, -0.25) is 4.79 Å². The van der Waals surface area contributed by atoms with Gasteiger partial charge in [0, 0.05) is 6.42 Å². The number of hydrogen-bond donors (Lipinski definition) is 6. The summed E-state index contributed by atoms with van der Waals surface area (Å²) in [5.41, 5.74) is 0. The Kier molecular flexibility index (Phi) is 25.2. The molecule has 0 spiro atoms. The van der Waals surface area contributed by atoms with Crippen molar-refractivity contribution < 1.29 is 39.8 Å². The SMILES string of the molecule is CCCCCC/C=C\CCCCCCCC(=O)NC(COC1OC(CO)C(O)C(O)C1O)C(O)CCCCCCCCCC. The smallest absolute Gasteiger partial charge is 0.220 e. The fourth-order valence-corrected chi connectivity index (χ4v) is 5.62. The molecular formula is C35H67NO8. The average Bonchev–Trinajstić information content (AvgIpc) is 3.02. The minimum Gasteiger partial charge on any atom is -0.394 e. The van der Waals surface area contributed by atoms with Crippen LogP contribution in [0.1, 0.15) is 149 Å². The van der Waals surface area contributed by atoms with Crippen molar-refractivity contribution in [3.8, 4) is 0 Å². The molecule has 0 aliphatic carbocycles.